The highest BCUT2D eigenvalue weighted by Gasteiger charge is 2.22. The van der Waals surface area contributed by atoms with Gasteiger partial charge in [-0.1, -0.05) is 135 Å². The van der Waals surface area contributed by atoms with Crippen LogP contribution in [-0.4, -0.2) is 13.2 Å². The number of ether oxygens (including phenoxy) is 2. The summed E-state index contributed by atoms with van der Waals surface area (Å²) in [5, 5.41) is 4.71. The SMILES string of the molecule is CCCCCCCCOc1c2ccccc2c(OCCCCCCCC)c2cc(C(C)(C)CC)ccc12. The van der Waals surface area contributed by atoms with Gasteiger partial charge in [0.05, 0.1) is 13.2 Å². The Morgan fingerprint density at radius 2 is 1.00 bits per heavy atom. The third kappa shape index (κ3) is 8.13. The molecule has 0 aliphatic rings. The first-order valence-corrected chi connectivity index (χ1v) is 15.3. The summed E-state index contributed by atoms with van der Waals surface area (Å²) in [5.74, 6) is 2.05. The Morgan fingerprint density at radius 3 is 1.51 bits per heavy atom. The summed E-state index contributed by atoms with van der Waals surface area (Å²) in [7, 11) is 0. The van der Waals surface area contributed by atoms with Crippen LogP contribution < -0.4 is 9.47 Å². The maximum Gasteiger partial charge on any atom is 0.135 e. The van der Waals surface area contributed by atoms with Crippen molar-refractivity contribution in [1.29, 1.82) is 0 Å². The van der Waals surface area contributed by atoms with Crippen LogP contribution in [0.25, 0.3) is 21.5 Å². The summed E-state index contributed by atoms with van der Waals surface area (Å²) in [6.45, 7) is 13.0. The van der Waals surface area contributed by atoms with Gasteiger partial charge < -0.3 is 9.47 Å². The number of hydrogen-bond acceptors (Lipinski definition) is 2. The lowest BCUT2D eigenvalue weighted by molar-refractivity contribution is 0.306. The Labute approximate surface area is 227 Å². The minimum absolute atomic E-state index is 0.121. The minimum Gasteiger partial charge on any atom is -0.492 e. The molecule has 37 heavy (non-hydrogen) atoms. The van der Waals surface area contributed by atoms with E-state index in [9.17, 15) is 0 Å². The number of unbranched alkanes of at least 4 members (excludes halogenated alkanes) is 10. The lowest BCUT2D eigenvalue weighted by Gasteiger charge is -2.25. The molecular weight excluding hydrogens is 452 g/mol. The Hall–Kier alpha value is -2.22. The van der Waals surface area contributed by atoms with E-state index in [1.54, 1.807) is 0 Å². The van der Waals surface area contributed by atoms with E-state index in [0.29, 0.717) is 0 Å². The normalized spacial score (nSPS) is 11.9. The molecule has 0 radical (unpaired) electrons. The van der Waals surface area contributed by atoms with Crippen LogP contribution in [0.3, 0.4) is 0 Å². The average molecular weight is 505 g/mol. The largest absolute Gasteiger partial charge is 0.492 e. The minimum atomic E-state index is 0.121. The van der Waals surface area contributed by atoms with Crippen LogP contribution >= 0.6 is 0 Å². The zero-order valence-corrected chi connectivity index (χ0v) is 24.5. The van der Waals surface area contributed by atoms with E-state index in [1.165, 1.54) is 91.3 Å². The summed E-state index contributed by atoms with van der Waals surface area (Å²) >= 11 is 0. The highest BCUT2D eigenvalue weighted by Crippen LogP contribution is 2.44. The molecule has 2 nitrogen and oxygen atoms in total. The summed E-state index contributed by atoms with van der Waals surface area (Å²) in [6, 6.07) is 15.6. The first-order chi connectivity index (χ1) is 18.0. The van der Waals surface area contributed by atoms with Crippen molar-refractivity contribution in [2.45, 2.75) is 124 Å². The van der Waals surface area contributed by atoms with Crippen molar-refractivity contribution < 1.29 is 9.47 Å². The van der Waals surface area contributed by atoms with Crippen molar-refractivity contribution in [3.63, 3.8) is 0 Å². The molecule has 0 saturated heterocycles. The van der Waals surface area contributed by atoms with Crippen molar-refractivity contribution in [2.24, 2.45) is 0 Å². The van der Waals surface area contributed by atoms with E-state index in [-0.39, 0.29) is 5.41 Å². The number of rotatable bonds is 18. The molecule has 0 fully saturated rings. The zero-order chi connectivity index (χ0) is 26.5. The van der Waals surface area contributed by atoms with Crippen molar-refractivity contribution in [3.8, 4) is 11.5 Å². The lowest BCUT2D eigenvalue weighted by atomic mass is 9.81. The van der Waals surface area contributed by atoms with Crippen LogP contribution in [0.1, 0.15) is 124 Å². The summed E-state index contributed by atoms with van der Waals surface area (Å²) < 4.78 is 13.2. The second-order valence-electron chi connectivity index (χ2n) is 11.4. The molecule has 0 N–H and O–H groups in total. The van der Waals surface area contributed by atoms with Gasteiger partial charge in [0, 0.05) is 21.5 Å². The Balaban J connectivity index is 1.91. The fraction of sp³-hybridized carbons (Fsp3) is 0.600. The summed E-state index contributed by atoms with van der Waals surface area (Å²) in [6.07, 6.45) is 16.3. The second kappa shape index (κ2) is 15.3. The van der Waals surface area contributed by atoms with Gasteiger partial charge in [-0.2, -0.15) is 0 Å². The molecule has 3 aromatic carbocycles. The van der Waals surface area contributed by atoms with Crippen LogP contribution in [-0.2, 0) is 5.41 Å². The molecule has 0 aliphatic heterocycles. The molecule has 0 heterocycles. The molecule has 0 aliphatic carbocycles. The van der Waals surface area contributed by atoms with Crippen LogP contribution in [0.4, 0.5) is 0 Å². The standard InChI is InChI=1S/C35H52O2/c1-6-9-11-13-15-19-25-36-33-29-21-17-18-22-30(29)34(37-26-20-16-14-12-10-7-2)32-27-28(23-24-31(32)33)35(4,5)8-3/h17-18,21-24,27H,6-16,19-20,25-26H2,1-5H3. The van der Waals surface area contributed by atoms with E-state index in [4.69, 9.17) is 9.47 Å². The van der Waals surface area contributed by atoms with Gasteiger partial charge in [0.2, 0.25) is 0 Å². The van der Waals surface area contributed by atoms with Crippen molar-refractivity contribution in [2.75, 3.05) is 13.2 Å². The van der Waals surface area contributed by atoms with E-state index < -0.39 is 0 Å². The number of fused-ring (bicyclic) bond motifs is 2. The Kier molecular flexibility index (Phi) is 12.1. The molecule has 0 unspecified atom stereocenters. The molecule has 3 aromatic rings. The highest BCUT2D eigenvalue weighted by atomic mass is 16.5. The second-order valence-corrected chi connectivity index (χ2v) is 11.4. The highest BCUT2D eigenvalue weighted by molar-refractivity contribution is 6.11. The molecule has 0 bridgehead atoms. The van der Waals surface area contributed by atoms with Gasteiger partial charge in [-0.25, -0.2) is 0 Å². The van der Waals surface area contributed by atoms with Crippen LogP contribution in [0, 0.1) is 0 Å². The lowest BCUT2D eigenvalue weighted by Crippen LogP contribution is -2.15. The zero-order valence-electron chi connectivity index (χ0n) is 24.5. The molecule has 0 saturated carbocycles. The molecule has 0 amide bonds. The van der Waals surface area contributed by atoms with Crippen molar-refractivity contribution in [1.82, 2.24) is 0 Å². The predicted molar refractivity (Wildman–Crippen MR) is 163 cm³/mol. The monoisotopic (exact) mass is 504 g/mol. The topological polar surface area (TPSA) is 18.5 Å². The van der Waals surface area contributed by atoms with Gasteiger partial charge in [-0.3, -0.25) is 0 Å². The molecule has 2 heteroatoms. The fourth-order valence-corrected chi connectivity index (χ4v) is 5.15. The molecule has 0 aromatic heterocycles. The van der Waals surface area contributed by atoms with Crippen LogP contribution in [0.5, 0.6) is 11.5 Å². The Bertz CT molecular complexity index is 1080. The smallest absolute Gasteiger partial charge is 0.135 e. The van der Waals surface area contributed by atoms with Gasteiger partial charge in [-0.05, 0) is 36.3 Å². The number of benzene rings is 3. The predicted octanol–water partition coefficient (Wildman–Crippen LogP) is 11.2. The molecule has 3 rings (SSSR count). The molecule has 0 spiro atoms. The van der Waals surface area contributed by atoms with Gasteiger partial charge >= 0.3 is 0 Å². The van der Waals surface area contributed by atoms with Crippen molar-refractivity contribution in [3.05, 3.63) is 48.0 Å². The fourth-order valence-electron chi connectivity index (χ4n) is 5.15. The summed E-state index contributed by atoms with van der Waals surface area (Å²) in [4.78, 5) is 0. The van der Waals surface area contributed by atoms with Gasteiger partial charge in [-0.15, -0.1) is 0 Å². The van der Waals surface area contributed by atoms with E-state index in [2.05, 4.69) is 77.1 Å². The van der Waals surface area contributed by atoms with Crippen LogP contribution in [0.15, 0.2) is 42.5 Å². The van der Waals surface area contributed by atoms with E-state index in [1.807, 2.05) is 0 Å². The van der Waals surface area contributed by atoms with Crippen molar-refractivity contribution >= 4 is 21.5 Å². The van der Waals surface area contributed by atoms with E-state index in [0.717, 1.165) is 44.0 Å². The first kappa shape index (κ1) is 29.3. The molecule has 0 atom stereocenters. The maximum absolute atomic E-state index is 6.62. The van der Waals surface area contributed by atoms with Gasteiger partial charge in [0.25, 0.3) is 0 Å². The van der Waals surface area contributed by atoms with Gasteiger partial charge in [0.15, 0.2) is 0 Å². The molecular formula is C35H52O2. The van der Waals surface area contributed by atoms with Crippen LogP contribution in [0.2, 0.25) is 0 Å². The first-order valence-electron chi connectivity index (χ1n) is 15.3. The summed E-state index contributed by atoms with van der Waals surface area (Å²) in [5.41, 5.74) is 1.49. The third-order valence-corrected chi connectivity index (χ3v) is 8.08. The third-order valence-electron chi connectivity index (χ3n) is 8.08. The quantitative estimate of drug-likeness (QED) is 0.127. The maximum atomic E-state index is 6.62. The van der Waals surface area contributed by atoms with E-state index >= 15 is 0 Å². The average Bonchev–Trinajstić information content (AvgIpc) is 2.92. The molecule has 204 valence electrons. The Morgan fingerprint density at radius 1 is 0.541 bits per heavy atom. The van der Waals surface area contributed by atoms with Gasteiger partial charge in [0.1, 0.15) is 11.5 Å². The number of hydrogen-bond donors (Lipinski definition) is 0.